The standard InChI is InChI=1S/C27H29F3N4O3S2/c1-6-21(35)33-14(2)10-32(11-15(33)3)25-18-9-19(27(28,29)30)22(20-8-7-16(4)39-20)24-23(18)34(26(36)31-25)17(12-37-5)13-38-24/h6-9,14-15,17H,1,10-13H2,2-5H3. The van der Waals surface area contributed by atoms with Crippen LogP contribution in [0.25, 0.3) is 21.3 Å². The number of rotatable bonds is 5. The molecule has 0 spiro atoms. The molecule has 5 rings (SSSR count). The van der Waals surface area contributed by atoms with E-state index in [9.17, 15) is 22.8 Å². The summed E-state index contributed by atoms with van der Waals surface area (Å²) in [5.74, 6) is 0.370. The Kier molecular flexibility index (Phi) is 7.32. The largest absolute Gasteiger partial charge is 0.417 e. The third kappa shape index (κ3) is 4.76. The minimum atomic E-state index is -4.63. The summed E-state index contributed by atoms with van der Waals surface area (Å²) in [6.07, 6.45) is -3.37. The minimum Gasteiger partial charge on any atom is -0.383 e. The fourth-order valence-corrected chi connectivity index (χ4v) is 8.03. The Morgan fingerprint density at radius 1 is 1.26 bits per heavy atom. The molecule has 208 valence electrons. The molecule has 0 saturated carbocycles. The summed E-state index contributed by atoms with van der Waals surface area (Å²) in [6.45, 7) is 10.0. The maximum atomic E-state index is 14.7. The second kappa shape index (κ2) is 10.3. The Labute approximate surface area is 232 Å². The number of carbonyl (C=O) groups excluding carboxylic acids is 1. The molecule has 0 N–H and O–H groups in total. The molecule has 0 bridgehead atoms. The van der Waals surface area contributed by atoms with Gasteiger partial charge in [-0.05, 0) is 45.0 Å². The zero-order valence-electron chi connectivity index (χ0n) is 22.0. The number of benzene rings is 1. The van der Waals surface area contributed by atoms with Gasteiger partial charge in [0.2, 0.25) is 5.91 Å². The van der Waals surface area contributed by atoms with Crippen LogP contribution in [-0.2, 0) is 15.7 Å². The number of alkyl halides is 3. The molecule has 1 aromatic carbocycles. The number of amides is 1. The Hall–Kier alpha value is -2.83. The van der Waals surface area contributed by atoms with Crippen molar-refractivity contribution in [3.05, 3.63) is 51.8 Å². The maximum absolute atomic E-state index is 14.7. The van der Waals surface area contributed by atoms with Crippen LogP contribution in [0.3, 0.4) is 0 Å². The van der Waals surface area contributed by atoms with E-state index >= 15 is 0 Å². The topological polar surface area (TPSA) is 67.7 Å². The number of nitrogens with zero attached hydrogens (tertiary/aromatic N) is 4. The van der Waals surface area contributed by atoms with Crippen molar-refractivity contribution in [2.75, 3.05) is 37.5 Å². The van der Waals surface area contributed by atoms with Crippen LogP contribution < -0.4 is 10.6 Å². The van der Waals surface area contributed by atoms with Crippen LogP contribution in [0.15, 0.2) is 40.5 Å². The highest BCUT2D eigenvalue weighted by atomic mass is 32.2. The Morgan fingerprint density at radius 2 is 1.95 bits per heavy atom. The molecule has 1 saturated heterocycles. The molecule has 1 amide bonds. The number of hydrogen-bond donors (Lipinski definition) is 0. The summed E-state index contributed by atoms with van der Waals surface area (Å²) in [6, 6.07) is 3.75. The number of carbonyl (C=O) groups is 1. The third-order valence-electron chi connectivity index (χ3n) is 7.23. The molecule has 7 nitrogen and oxygen atoms in total. The zero-order valence-corrected chi connectivity index (χ0v) is 23.7. The van der Waals surface area contributed by atoms with Gasteiger partial charge >= 0.3 is 11.9 Å². The van der Waals surface area contributed by atoms with Gasteiger partial charge in [0.1, 0.15) is 5.82 Å². The highest BCUT2D eigenvalue weighted by Gasteiger charge is 2.40. The number of piperazine rings is 1. The van der Waals surface area contributed by atoms with E-state index in [1.807, 2.05) is 25.7 Å². The molecule has 0 aliphatic carbocycles. The molecule has 2 aromatic heterocycles. The summed E-state index contributed by atoms with van der Waals surface area (Å²) >= 11 is 2.61. The lowest BCUT2D eigenvalue weighted by Crippen LogP contribution is -2.58. The van der Waals surface area contributed by atoms with Crippen molar-refractivity contribution in [3.8, 4) is 10.4 Å². The lowest BCUT2D eigenvalue weighted by molar-refractivity contribution is -0.137. The average Bonchev–Trinajstić information content (AvgIpc) is 3.30. The van der Waals surface area contributed by atoms with Crippen molar-refractivity contribution in [1.82, 2.24) is 14.5 Å². The molecule has 0 radical (unpaired) electrons. The summed E-state index contributed by atoms with van der Waals surface area (Å²) < 4.78 is 50.9. The fourth-order valence-electron chi connectivity index (χ4n) is 5.72. The van der Waals surface area contributed by atoms with Gasteiger partial charge in [-0.3, -0.25) is 9.36 Å². The molecule has 2 aliphatic rings. The lowest BCUT2D eigenvalue weighted by Gasteiger charge is -2.45. The molecular formula is C27H29F3N4O3S2. The van der Waals surface area contributed by atoms with E-state index in [0.717, 1.165) is 10.9 Å². The number of hydrogen-bond acceptors (Lipinski definition) is 7. The number of anilines is 1. The maximum Gasteiger partial charge on any atom is 0.417 e. The molecule has 3 atom stereocenters. The van der Waals surface area contributed by atoms with Crippen molar-refractivity contribution in [1.29, 1.82) is 0 Å². The predicted molar refractivity (Wildman–Crippen MR) is 149 cm³/mol. The van der Waals surface area contributed by atoms with Gasteiger partial charge in [0, 0.05) is 63.6 Å². The van der Waals surface area contributed by atoms with Gasteiger partial charge in [0.15, 0.2) is 0 Å². The first kappa shape index (κ1) is 27.7. The predicted octanol–water partition coefficient (Wildman–Crippen LogP) is 5.36. The van der Waals surface area contributed by atoms with Crippen molar-refractivity contribution in [3.63, 3.8) is 0 Å². The minimum absolute atomic E-state index is 0.0994. The zero-order chi connectivity index (χ0) is 28.2. The second-order valence-electron chi connectivity index (χ2n) is 9.99. The molecule has 39 heavy (non-hydrogen) atoms. The first-order valence-corrected chi connectivity index (χ1v) is 14.3. The van der Waals surface area contributed by atoms with Crippen LogP contribution in [0.4, 0.5) is 19.0 Å². The van der Waals surface area contributed by atoms with Crippen LogP contribution in [0.1, 0.15) is 30.3 Å². The van der Waals surface area contributed by atoms with Gasteiger partial charge in [-0.1, -0.05) is 6.58 Å². The van der Waals surface area contributed by atoms with E-state index in [0.29, 0.717) is 34.1 Å². The van der Waals surface area contributed by atoms with E-state index in [1.165, 1.54) is 40.9 Å². The van der Waals surface area contributed by atoms with E-state index in [4.69, 9.17) is 4.74 Å². The highest BCUT2D eigenvalue weighted by molar-refractivity contribution is 7.99. The van der Waals surface area contributed by atoms with Crippen LogP contribution in [0, 0.1) is 6.92 Å². The molecule has 2 aliphatic heterocycles. The van der Waals surface area contributed by atoms with E-state index < -0.39 is 17.4 Å². The van der Waals surface area contributed by atoms with E-state index in [2.05, 4.69) is 11.6 Å². The summed E-state index contributed by atoms with van der Waals surface area (Å²) in [5, 5.41) is 0.269. The van der Waals surface area contributed by atoms with Crippen molar-refractivity contribution < 1.29 is 22.7 Å². The number of aromatic nitrogens is 2. The second-order valence-corrected chi connectivity index (χ2v) is 12.3. The van der Waals surface area contributed by atoms with Gasteiger partial charge in [-0.25, -0.2) is 4.79 Å². The highest BCUT2D eigenvalue weighted by Crippen LogP contribution is 2.51. The fraction of sp³-hybridized carbons (Fsp3) is 0.444. The number of methoxy groups -OCH3 is 1. The smallest absolute Gasteiger partial charge is 0.383 e. The van der Waals surface area contributed by atoms with Crippen LogP contribution in [0.2, 0.25) is 0 Å². The van der Waals surface area contributed by atoms with Gasteiger partial charge < -0.3 is 14.5 Å². The Bertz CT molecular complexity index is 1500. The number of halogens is 3. The third-order valence-corrected chi connectivity index (χ3v) is 9.48. The summed E-state index contributed by atoms with van der Waals surface area (Å²) in [7, 11) is 1.53. The quantitative estimate of drug-likeness (QED) is 0.380. The van der Waals surface area contributed by atoms with Gasteiger partial charge in [-0.2, -0.15) is 18.2 Å². The van der Waals surface area contributed by atoms with Gasteiger partial charge in [-0.15, -0.1) is 23.1 Å². The van der Waals surface area contributed by atoms with Crippen LogP contribution in [0.5, 0.6) is 0 Å². The lowest BCUT2D eigenvalue weighted by atomic mass is 10.00. The van der Waals surface area contributed by atoms with Gasteiger partial charge in [0.05, 0.1) is 23.7 Å². The van der Waals surface area contributed by atoms with Crippen molar-refractivity contribution in [2.45, 2.75) is 50.0 Å². The first-order valence-electron chi connectivity index (χ1n) is 12.5. The molecule has 12 heteroatoms. The molecule has 3 aromatic rings. The number of thiophene rings is 1. The SMILES string of the molecule is C=CC(=O)N1C(C)CN(c2nc(=O)n3c4c(c(-c5ccc(C)s5)c(C(F)(F)F)cc24)SCC3COC)CC1C. The molecule has 4 heterocycles. The number of thioether (sulfide) groups is 1. The first-order chi connectivity index (χ1) is 18.5. The number of aryl methyl sites for hydroxylation is 1. The Morgan fingerprint density at radius 3 is 2.51 bits per heavy atom. The Balaban J connectivity index is 1.80. The van der Waals surface area contributed by atoms with Crippen molar-refractivity contribution >= 4 is 45.7 Å². The van der Waals surface area contributed by atoms with Gasteiger partial charge in [0.25, 0.3) is 0 Å². The monoisotopic (exact) mass is 578 g/mol. The number of ether oxygens (including phenoxy) is 1. The summed E-state index contributed by atoms with van der Waals surface area (Å²) in [4.78, 5) is 35.7. The average molecular weight is 579 g/mol. The molecule has 1 fully saturated rings. The normalized spacial score (nSPS) is 21.5. The van der Waals surface area contributed by atoms with Crippen molar-refractivity contribution in [2.24, 2.45) is 0 Å². The van der Waals surface area contributed by atoms with E-state index in [-0.39, 0.29) is 47.4 Å². The summed E-state index contributed by atoms with van der Waals surface area (Å²) in [5.41, 5.74) is -0.733. The molecular weight excluding hydrogens is 549 g/mol. The van der Waals surface area contributed by atoms with Crippen LogP contribution in [-0.4, -0.2) is 65.0 Å². The van der Waals surface area contributed by atoms with E-state index in [1.54, 1.807) is 17.0 Å². The van der Waals surface area contributed by atoms with Crippen LogP contribution >= 0.6 is 23.1 Å². The molecule has 3 unspecified atom stereocenters.